The molecule has 9 heteroatoms. The SMILES string of the molecule is C=CC(=O)N1CCN(c2ncnc3cc(-c4nc(N)cc5cc(OC)ccc45)c(Cl)cc23)CC1. The van der Waals surface area contributed by atoms with Crippen LogP contribution in [0.25, 0.3) is 32.9 Å². The number of benzene rings is 2. The van der Waals surface area contributed by atoms with Crippen molar-refractivity contribution in [2.75, 3.05) is 43.9 Å². The van der Waals surface area contributed by atoms with Crippen molar-refractivity contribution in [2.45, 2.75) is 0 Å². The second-order valence-corrected chi connectivity index (χ2v) is 8.45. The van der Waals surface area contributed by atoms with E-state index in [9.17, 15) is 4.79 Å². The molecule has 34 heavy (non-hydrogen) atoms. The lowest BCUT2D eigenvalue weighted by Crippen LogP contribution is -2.48. The Hall–Kier alpha value is -3.91. The van der Waals surface area contributed by atoms with Crippen molar-refractivity contribution >= 4 is 50.8 Å². The summed E-state index contributed by atoms with van der Waals surface area (Å²) in [7, 11) is 1.63. The van der Waals surface area contributed by atoms with E-state index < -0.39 is 0 Å². The number of aromatic nitrogens is 3. The highest BCUT2D eigenvalue weighted by atomic mass is 35.5. The van der Waals surface area contributed by atoms with Crippen LogP contribution in [0.1, 0.15) is 0 Å². The van der Waals surface area contributed by atoms with E-state index in [-0.39, 0.29) is 5.91 Å². The number of methoxy groups -OCH3 is 1. The number of fused-ring (bicyclic) bond motifs is 2. The molecule has 4 aromatic rings. The number of nitrogen functional groups attached to an aromatic ring is 1. The molecule has 172 valence electrons. The number of rotatable bonds is 4. The topological polar surface area (TPSA) is 97.5 Å². The fourth-order valence-electron chi connectivity index (χ4n) is 4.35. The van der Waals surface area contributed by atoms with Gasteiger partial charge in [-0.25, -0.2) is 15.0 Å². The molecular formula is C25H23ClN6O2. The summed E-state index contributed by atoms with van der Waals surface area (Å²) in [6, 6.07) is 11.4. The predicted octanol–water partition coefficient (Wildman–Crippen LogP) is 3.92. The first kappa shape index (κ1) is 21.9. The average Bonchev–Trinajstić information content (AvgIpc) is 2.86. The molecule has 0 atom stereocenters. The zero-order valence-electron chi connectivity index (χ0n) is 18.7. The minimum absolute atomic E-state index is 0.0561. The lowest BCUT2D eigenvalue weighted by Gasteiger charge is -2.35. The second-order valence-electron chi connectivity index (χ2n) is 8.05. The van der Waals surface area contributed by atoms with Gasteiger partial charge in [-0.15, -0.1) is 0 Å². The fourth-order valence-corrected chi connectivity index (χ4v) is 4.61. The third-order valence-corrected chi connectivity index (χ3v) is 6.39. The number of pyridine rings is 1. The Bertz CT molecular complexity index is 1430. The Morgan fingerprint density at radius 1 is 1.12 bits per heavy atom. The van der Waals surface area contributed by atoms with E-state index in [0.29, 0.717) is 42.7 Å². The Kier molecular flexibility index (Phi) is 5.67. The summed E-state index contributed by atoms with van der Waals surface area (Å²) in [6.07, 6.45) is 2.90. The zero-order valence-corrected chi connectivity index (χ0v) is 19.4. The first-order valence-electron chi connectivity index (χ1n) is 10.8. The molecule has 1 fully saturated rings. The first-order valence-corrected chi connectivity index (χ1v) is 11.2. The number of piperazine rings is 1. The van der Waals surface area contributed by atoms with Crippen molar-refractivity contribution in [3.63, 3.8) is 0 Å². The Labute approximate surface area is 201 Å². The van der Waals surface area contributed by atoms with Crippen molar-refractivity contribution in [2.24, 2.45) is 0 Å². The summed E-state index contributed by atoms with van der Waals surface area (Å²) in [6.45, 7) is 6.10. The number of nitrogens with zero attached hydrogens (tertiary/aromatic N) is 5. The van der Waals surface area contributed by atoms with Crippen LogP contribution in [0.3, 0.4) is 0 Å². The molecule has 0 saturated carbocycles. The molecule has 1 aliphatic heterocycles. The average molecular weight is 475 g/mol. The summed E-state index contributed by atoms with van der Waals surface area (Å²) in [5, 5.41) is 3.19. The van der Waals surface area contributed by atoms with Gasteiger partial charge in [0, 0.05) is 42.5 Å². The number of anilines is 2. The van der Waals surface area contributed by atoms with Crippen LogP contribution in [-0.2, 0) is 4.79 Å². The third kappa shape index (κ3) is 3.86. The molecule has 2 aromatic carbocycles. The van der Waals surface area contributed by atoms with Gasteiger partial charge >= 0.3 is 0 Å². The largest absolute Gasteiger partial charge is 0.497 e. The van der Waals surface area contributed by atoms with E-state index >= 15 is 0 Å². The highest BCUT2D eigenvalue weighted by Gasteiger charge is 2.23. The molecule has 3 heterocycles. The van der Waals surface area contributed by atoms with Crippen molar-refractivity contribution in [3.8, 4) is 17.0 Å². The van der Waals surface area contributed by atoms with Gasteiger partial charge < -0.3 is 20.3 Å². The number of hydrogen-bond donors (Lipinski definition) is 1. The Balaban J connectivity index is 1.57. The maximum atomic E-state index is 11.9. The number of halogens is 1. The lowest BCUT2D eigenvalue weighted by molar-refractivity contribution is -0.126. The van der Waals surface area contributed by atoms with Gasteiger partial charge in [-0.2, -0.15) is 0 Å². The summed E-state index contributed by atoms with van der Waals surface area (Å²) >= 11 is 6.80. The quantitative estimate of drug-likeness (QED) is 0.447. The fraction of sp³-hybridized carbons (Fsp3) is 0.200. The number of hydrogen-bond acceptors (Lipinski definition) is 7. The molecule has 0 spiro atoms. The molecule has 0 aliphatic carbocycles. The van der Waals surface area contributed by atoms with Crippen LogP contribution in [0, 0.1) is 0 Å². The molecule has 0 unspecified atom stereocenters. The number of ether oxygens (including phenoxy) is 1. The van der Waals surface area contributed by atoms with Crippen LogP contribution in [0.5, 0.6) is 5.75 Å². The highest BCUT2D eigenvalue weighted by molar-refractivity contribution is 6.34. The molecule has 2 aromatic heterocycles. The van der Waals surface area contributed by atoms with E-state index in [2.05, 4.69) is 26.4 Å². The number of nitrogens with two attached hydrogens (primary N) is 1. The van der Waals surface area contributed by atoms with Crippen molar-refractivity contribution in [3.05, 3.63) is 60.4 Å². The van der Waals surface area contributed by atoms with Crippen molar-refractivity contribution in [1.29, 1.82) is 0 Å². The van der Waals surface area contributed by atoms with Gasteiger partial charge in [0.1, 0.15) is 23.7 Å². The smallest absolute Gasteiger partial charge is 0.246 e. The van der Waals surface area contributed by atoms with Crippen LogP contribution in [0.4, 0.5) is 11.6 Å². The van der Waals surface area contributed by atoms with E-state index in [1.807, 2.05) is 36.4 Å². The third-order valence-electron chi connectivity index (χ3n) is 6.08. The number of carbonyl (C=O) groups excluding carboxylic acids is 1. The summed E-state index contributed by atoms with van der Waals surface area (Å²) in [5.74, 6) is 1.86. The van der Waals surface area contributed by atoms with Gasteiger partial charge in [0.05, 0.1) is 23.3 Å². The molecule has 1 aliphatic rings. The molecule has 0 radical (unpaired) electrons. The Morgan fingerprint density at radius 3 is 2.65 bits per heavy atom. The van der Waals surface area contributed by atoms with Crippen LogP contribution in [0.2, 0.25) is 5.02 Å². The Morgan fingerprint density at radius 2 is 1.91 bits per heavy atom. The van der Waals surface area contributed by atoms with E-state index in [0.717, 1.165) is 38.8 Å². The van der Waals surface area contributed by atoms with Gasteiger partial charge in [-0.3, -0.25) is 4.79 Å². The molecule has 1 saturated heterocycles. The van der Waals surface area contributed by atoms with Gasteiger partial charge in [-0.1, -0.05) is 18.2 Å². The maximum absolute atomic E-state index is 11.9. The van der Waals surface area contributed by atoms with E-state index in [4.69, 9.17) is 22.1 Å². The molecule has 5 rings (SSSR count). The lowest BCUT2D eigenvalue weighted by atomic mass is 10.0. The predicted molar refractivity (Wildman–Crippen MR) is 135 cm³/mol. The standard InChI is InChI=1S/C25H23ClN6O2/c1-3-23(33)31-6-8-32(9-7-31)25-19-12-20(26)18(13-21(19)28-14-29-25)24-17-5-4-16(34-2)10-15(17)11-22(27)30-24/h3-5,10-14H,1,6-9H2,2H3,(H2,27,30). The maximum Gasteiger partial charge on any atom is 0.246 e. The van der Waals surface area contributed by atoms with Gasteiger partial charge in [0.15, 0.2) is 0 Å². The van der Waals surface area contributed by atoms with Crippen LogP contribution in [-0.4, -0.2) is 59.0 Å². The minimum atomic E-state index is -0.0561. The van der Waals surface area contributed by atoms with Crippen LogP contribution < -0.4 is 15.4 Å². The van der Waals surface area contributed by atoms with Gasteiger partial charge in [-0.05, 0) is 47.9 Å². The summed E-state index contributed by atoms with van der Waals surface area (Å²) < 4.78 is 5.35. The molecule has 2 N–H and O–H groups in total. The zero-order chi connectivity index (χ0) is 23.8. The van der Waals surface area contributed by atoms with Crippen molar-refractivity contribution in [1.82, 2.24) is 19.9 Å². The normalized spacial score (nSPS) is 13.9. The van der Waals surface area contributed by atoms with E-state index in [1.165, 1.54) is 6.08 Å². The van der Waals surface area contributed by atoms with Gasteiger partial charge in [0.25, 0.3) is 0 Å². The number of amides is 1. The molecule has 8 nitrogen and oxygen atoms in total. The summed E-state index contributed by atoms with van der Waals surface area (Å²) in [4.78, 5) is 29.5. The monoisotopic (exact) mass is 474 g/mol. The van der Waals surface area contributed by atoms with Crippen LogP contribution >= 0.6 is 11.6 Å². The second kappa shape index (κ2) is 8.79. The highest BCUT2D eigenvalue weighted by Crippen LogP contribution is 2.38. The molecule has 1 amide bonds. The first-order chi connectivity index (χ1) is 16.5. The van der Waals surface area contributed by atoms with Crippen molar-refractivity contribution < 1.29 is 9.53 Å². The summed E-state index contributed by atoms with van der Waals surface area (Å²) in [5.41, 5.74) is 8.29. The molecule has 0 bridgehead atoms. The molecular weight excluding hydrogens is 452 g/mol. The number of carbonyl (C=O) groups is 1. The minimum Gasteiger partial charge on any atom is -0.497 e. The van der Waals surface area contributed by atoms with E-state index in [1.54, 1.807) is 18.3 Å². The van der Waals surface area contributed by atoms with Gasteiger partial charge in [0.2, 0.25) is 5.91 Å². The van der Waals surface area contributed by atoms with Crippen LogP contribution in [0.15, 0.2) is 55.4 Å².